The first-order valence-corrected chi connectivity index (χ1v) is 9.30. The Kier molecular flexibility index (Phi) is 6.47. The van der Waals surface area contributed by atoms with Gasteiger partial charge in [0.15, 0.2) is 12.6 Å². The third kappa shape index (κ3) is 4.79. The van der Waals surface area contributed by atoms with Crippen LogP contribution < -0.4 is 20.3 Å². The second kappa shape index (κ2) is 9.21. The molecule has 1 amide bonds. The fraction of sp³-hybridized carbons (Fsp3) is 0.333. The smallest absolute Gasteiger partial charge is 0.265 e. The Hall–Kier alpha value is -3.09. The van der Waals surface area contributed by atoms with E-state index >= 15 is 0 Å². The molecule has 0 radical (unpaired) electrons. The Balaban J connectivity index is 1.46. The lowest BCUT2D eigenvalue weighted by Gasteiger charge is -2.29. The topological polar surface area (TPSA) is 66.0 Å². The average molecular weight is 384 g/mol. The van der Waals surface area contributed by atoms with Gasteiger partial charge in [0.25, 0.3) is 5.91 Å². The van der Waals surface area contributed by atoms with E-state index in [4.69, 9.17) is 4.74 Å². The van der Waals surface area contributed by atoms with Gasteiger partial charge in [0.2, 0.25) is 0 Å². The van der Waals surface area contributed by atoms with Crippen LogP contribution in [-0.4, -0.2) is 38.6 Å². The first kappa shape index (κ1) is 19.7. The quantitative estimate of drug-likeness (QED) is 0.457. The van der Waals surface area contributed by atoms with Gasteiger partial charge in [-0.25, -0.2) is 4.39 Å². The Labute approximate surface area is 164 Å². The summed E-state index contributed by atoms with van der Waals surface area (Å²) in [6.45, 7) is 3.53. The first-order valence-electron chi connectivity index (χ1n) is 9.30. The van der Waals surface area contributed by atoms with E-state index in [9.17, 15) is 9.18 Å². The third-order valence-corrected chi connectivity index (χ3v) is 4.58. The number of halogens is 1. The molecule has 0 aliphatic carbocycles. The second-order valence-corrected chi connectivity index (χ2v) is 6.59. The SMILES string of the molecule is CN=C(NCCCN1C(=O)COc2ccccc21)NCc1ccc(C)c(F)c1. The van der Waals surface area contributed by atoms with Gasteiger partial charge in [-0.15, -0.1) is 0 Å². The van der Waals surface area contributed by atoms with Crippen molar-refractivity contribution in [3.63, 3.8) is 0 Å². The van der Waals surface area contributed by atoms with E-state index in [1.165, 1.54) is 6.07 Å². The second-order valence-electron chi connectivity index (χ2n) is 6.59. The highest BCUT2D eigenvalue weighted by atomic mass is 19.1. The van der Waals surface area contributed by atoms with Gasteiger partial charge in [0.05, 0.1) is 5.69 Å². The molecule has 1 aliphatic rings. The normalized spacial score (nSPS) is 13.8. The molecule has 0 fully saturated rings. The molecule has 28 heavy (non-hydrogen) atoms. The van der Waals surface area contributed by atoms with Crippen molar-refractivity contribution in [2.45, 2.75) is 19.9 Å². The van der Waals surface area contributed by atoms with Crippen molar-refractivity contribution in [3.05, 3.63) is 59.4 Å². The summed E-state index contributed by atoms with van der Waals surface area (Å²) in [5.74, 6) is 1.12. The van der Waals surface area contributed by atoms with Crippen LogP contribution in [0, 0.1) is 12.7 Å². The maximum absolute atomic E-state index is 13.6. The first-order chi connectivity index (χ1) is 13.6. The van der Waals surface area contributed by atoms with Crippen LogP contribution in [0.5, 0.6) is 5.75 Å². The third-order valence-electron chi connectivity index (χ3n) is 4.58. The molecule has 0 spiro atoms. The maximum Gasteiger partial charge on any atom is 0.265 e. The van der Waals surface area contributed by atoms with Gasteiger partial charge in [-0.2, -0.15) is 0 Å². The van der Waals surface area contributed by atoms with Crippen molar-refractivity contribution in [1.29, 1.82) is 0 Å². The molecule has 0 aromatic heterocycles. The molecular formula is C21H25FN4O2. The predicted molar refractivity (Wildman–Crippen MR) is 108 cm³/mol. The van der Waals surface area contributed by atoms with E-state index in [0.29, 0.717) is 31.2 Å². The number of nitrogens with zero attached hydrogens (tertiary/aromatic N) is 2. The molecule has 2 aromatic rings. The summed E-state index contributed by atoms with van der Waals surface area (Å²) >= 11 is 0. The lowest BCUT2D eigenvalue weighted by molar-refractivity contribution is -0.121. The van der Waals surface area contributed by atoms with Gasteiger partial charge in [0.1, 0.15) is 11.6 Å². The van der Waals surface area contributed by atoms with E-state index in [2.05, 4.69) is 15.6 Å². The number of carbonyl (C=O) groups excluding carboxylic acids is 1. The van der Waals surface area contributed by atoms with Crippen LogP contribution in [0.4, 0.5) is 10.1 Å². The van der Waals surface area contributed by atoms with Crippen molar-refractivity contribution in [1.82, 2.24) is 10.6 Å². The van der Waals surface area contributed by atoms with Crippen LogP contribution in [0.15, 0.2) is 47.5 Å². The Morgan fingerprint density at radius 2 is 2.07 bits per heavy atom. The zero-order valence-electron chi connectivity index (χ0n) is 16.2. The minimum atomic E-state index is -0.210. The highest BCUT2D eigenvalue weighted by Gasteiger charge is 2.24. The molecule has 0 atom stereocenters. The largest absolute Gasteiger partial charge is 0.482 e. The summed E-state index contributed by atoms with van der Waals surface area (Å²) in [6, 6.07) is 12.7. The fourth-order valence-electron chi connectivity index (χ4n) is 3.00. The molecule has 1 heterocycles. The van der Waals surface area contributed by atoms with Gasteiger partial charge in [0, 0.05) is 26.7 Å². The molecule has 0 saturated carbocycles. The Bertz CT molecular complexity index is 869. The summed E-state index contributed by atoms with van der Waals surface area (Å²) in [7, 11) is 1.69. The number of benzene rings is 2. The van der Waals surface area contributed by atoms with Gasteiger partial charge >= 0.3 is 0 Å². The van der Waals surface area contributed by atoms with Crippen molar-refractivity contribution >= 4 is 17.6 Å². The number of guanidine groups is 1. The molecule has 0 saturated heterocycles. The van der Waals surface area contributed by atoms with Crippen molar-refractivity contribution in [3.8, 4) is 5.75 Å². The van der Waals surface area contributed by atoms with Gasteiger partial charge in [-0.1, -0.05) is 24.3 Å². The fourth-order valence-corrected chi connectivity index (χ4v) is 3.00. The van der Waals surface area contributed by atoms with Crippen LogP contribution in [0.3, 0.4) is 0 Å². The minimum Gasteiger partial charge on any atom is -0.482 e. The standard InChI is InChI=1S/C21H25FN4O2/c1-15-8-9-16(12-17(15)22)13-25-21(23-2)24-10-5-11-26-18-6-3-4-7-19(18)28-14-20(26)27/h3-4,6-9,12H,5,10-11,13-14H2,1-2H3,(H2,23,24,25). The average Bonchev–Trinajstić information content (AvgIpc) is 2.71. The van der Waals surface area contributed by atoms with Crippen molar-refractivity contribution in [2.24, 2.45) is 4.99 Å². The van der Waals surface area contributed by atoms with Crippen molar-refractivity contribution in [2.75, 3.05) is 31.6 Å². The monoisotopic (exact) mass is 384 g/mol. The summed E-state index contributed by atoms with van der Waals surface area (Å²) in [5.41, 5.74) is 2.29. The van der Waals surface area contributed by atoms with Crippen LogP contribution in [0.25, 0.3) is 0 Å². The van der Waals surface area contributed by atoms with Gasteiger partial charge in [-0.05, 0) is 42.7 Å². The van der Waals surface area contributed by atoms with Crippen LogP contribution >= 0.6 is 0 Å². The molecule has 6 nitrogen and oxygen atoms in total. The molecule has 0 unspecified atom stereocenters. The number of amides is 1. The molecular weight excluding hydrogens is 359 g/mol. The maximum atomic E-state index is 13.6. The number of aryl methyl sites for hydroxylation is 1. The number of fused-ring (bicyclic) bond motifs is 1. The number of hydrogen-bond donors (Lipinski definition) is 2. The number of hydrogen-bond acceptors (Lipinski definition) is 3. The van der Waals surface area contributed by atoms with Crippen LogP contribution in [-0.2, 0) is 11.3 Å². The summed E-state index contributed by atoms with van der Waals surface area (Å²) in [6.07, 6.45) is 0.750. The zero-order valence-corrected chi connectivity index (χ0v) is 16.2. The Morgan fingerprint density at radius 1 is 1.25 bits per heavy atom. The number of aliphatic imine (C=N–C) groups is 1. The molecule has 7 heteroatoms. The van der Waals surface area contributed by atoms with E-state index in [1.807, 2.05) is 30.3 Å². The number of nitrogens with one attached hydrogen (secondary N) is 2. The van der Waals surface area contributed by atoms with Crippen molar-refractivity contribution < 1.29 is 13.9 Å². The van der Waals surface area contributed by atoms with E-state index in [0.717, 1.165) is 23.4 Å². The molecule has 3 rings (SSSR count). The lowest BCUT2D eigenvalue weighted by Crippen LogP contribution is -2.42. The zero-order chi connectivity index (χ0) is 19.9. The number of ether oxygens (including phenoxy) is 1. The Morgan fingerprint density at radius 3 is 2.86 bits per heavy atom. The number of carbonyl (C=O) groups is 1. The number of rotatable bonds is 6. The molecule has 1 aliphatic heterocycles. The predicted octanol–water partition coefficient (Wildman–Crippen LogP) is 2.61. The summed E-state index contributed by atoms with van der Waals surface area (Å²) in [5, 5.41) is 6.39. The van der Waals surface area contributed by atoms with E-state index in [1.54, 1.807) is 24.9 Å². The molecule has 0 bridgehead atoms. The molecule has 2 N–H and O–H groups in total. The van der Waals surface area contributed by atoms with Crippen LogP contribution in [0.1, 0.15) is 17.5 Å². The number of anilines is 1. The van der Waals surface area contributed by atoms with Gasteiger partial charge in [-0.3, -0.25) is 9.79 Å². The summed E-state index contributed by atoms with van der Waals surface area (Å²) < 4.78 is 19.1. The van der Waals surface area contributed by atoms with Crippen LogP contribution in [0.2, 0.25) is 0 Å². The van der Waals surface area contributed by atoms with Gasteiger partial charge < -0.3 is 20.3 Å². The lowest BCUT2D eigenvalue weighted by atomic mass is 10.1. The number of para-hydroxylation sites is 2. The molecule has 148 valence electrons. The summed E-state index contributed by atoms with van der Waals surface area (Å²) in [4.78, 5) is 18.1. The minimum absolute atomic E-state index is 0.0393. The van der Waals surface area contributed by atoms with E-state index in [-0.39, 0.29) is 18.3 Å². The highest BCUT2D eigenvalue weighted by Crippen LogP contribution is 2.31. The van der Waals surface area contributed by atoms with E-state index < -0.39 is 0 Å². The highest BCUT2D eigenvalue weighted by molar-refractivity contribution is 5.97. The molecule has 2 aromatic carbocycles.